The van der Waals surface area contributed by atoms with E-state index in [9.17, 15) is 0 Å². The van der Waals surface area contributed by atoms with Crippen molar-refractivity contribution < 1.29 is 0 Å². The molecule has 1 saturated carbocycles. The normalized spacial score (nSPS) is 17.5. The molecule has 0 amide bonds. The molecule has 1 aliphatic carbocycles. The molecular formula is C14H18N2S. The minimum Gasteiger partial charge on any atom is -0.330 e. The van der Waals surface area contributed by atoms with E-state index in [-0.39, 0.29) is 0 Å². The number of nitrogens with two attached hydrogens (primary N) is 1. The van der Waals surface area contributed by atoms with Crippen molar-refractivity contribution in [1.82, 2.24) is 4.98 Å². The van der Waals surface area contributed by atoms with Gasteiger partial charge in [-0.05, 0) is 43.4 Å². The Morgan fingerprint density at radius 1 is 1.47 bits per heavy atom. The second kappa shape index (κ2) is 4.39. The Kier molecular flexibility index (Phi) is 2.89. The summed E-state index contributed by atoms with van der Waals surface area (Å²) in [5.41, 5.74) is 8.25. The van der Waals surface area contributed by atoms with E-state index in [0.717, 1.165) is 18.9 Å². The second-order valence-electron chi connectivity index (χ2n) is 5.00. The molecule has 2 nitrogen and oxygen atoms in total. The molecule has 3 rings (SSSR count). The Balaban J connectivity index is 2.04. The van der Waals surface area contributed by atoms with Gasteiger partial charge >= 0.3 is 0 Å². The van der Waals surface area contributed by atoms with Gasteiger partial charge in [0, 0.05) is 5.92 Å². The Labute approximate surface area is 106 Å². The summed E-state index contributed by atoms with van der Waals surface area (Å²) in [6.45, 7) is 2.99. The first-order valence-electron chi connectivity index (χ1n) is 6.39. The number of benzene rings is 1. The van der Waals surface area contributed by atoms with Gasteiger partial charge in [-0.1, -0.05) is 19.1 Å². The van der Waals surface area contributed by atoms with E-state index in [2.05, 4.69) is 25.1 Å². The highest BCUT2D eigenvalue weighted by Crippen LogP contribution is 2.44. The van der Waals surface area contributed by atoms with Gasteiger partial charge in [0.05, 0.1) is 15.2 Å². The minimum atomic E-state index is 0.512. The first-order chi connectivity index (χ1) is 8.29. The molecule has 2 N–H and O–H groups in total. The van der Waals surface area contributed by atoms with Gasteiger partial charge in [0.2, 0.25) is 0 Å². The average molecular weight is 246 g/mol. The number of hydrogen-bond donors (Lipinski definition) is 1. The van der Waals surface area contributed by atoms with Crippen molar-refractivity contribution in [2.75, 3.05) is 6.54 Å². The highest BCUT2D eigenvalue weighted by molar-refractivity contribution is 7.18. The molecular weight excluding hydrogens is 228 g/mol. The summed E-state index contributed by atoms with van der Waals surface area (Å²) < 4.78 is 1.34. The Bertz CT molecular complexity index is 528. The van der Waals surface area contributed by atoms with E-state index in [4.69, 9.17) is 10.7 Å². The monoisotopic (exact) mass is 246 g/mol. The summed E-state index contributed by atoms with van der Waals surface area (Å²) >= 11 is 1.88. The molecule has 1 fully saturated rings. The molecule has 0 saturated heterocycles. The maximum Gasteiger partial charge on any atom is 0.0969 e. The van der Waals surface area contributed by atoms with Crippen LogP contribution in [0.25, 0.3) is 10.2 Å². The van der Waals surface area contributed by atoms with E-state index in [1.165, 1.54) is 33.6 Å². The topological polar surface area (TPSA) is 38.9 Å². The van der Waals surface area contributed by atoms with Crippen molar-refractivity contribution in [3.05, 3.63) is 28.8 Å². The number of fused-ring (bicyclic) bond motifs is 1. The van der Waals surface area contributed by atoms with Crippen LogP contribution in [0.3, 0.4) is 0 Å². The van der Waals surface area contributed by atoms with Gasteiger partial charge in [-0.2, -0.15) is 0 Å². The van der Waals surface area contributed by atoms with Gasteiger partial charge in [0.25, 0.3) is 0 Å². The third-order valence-electron chi connectivity index (χ3n) is 3.52. The number of thiazole rings is 1. The van der Waals surface area contributed by atoms with Crippen molar-refractivity contribution in [2.24, 2.45) is 5.73 Å². The number of rotatable bonds is 4. The van der Waals surface area contributed by atoms with Crippen LogP contribution in [0.15, 0.2) is 18.2 Å². The third-order valence-corrected chi connectivity index (χ3v) is 4.71. The molecule has 1 aliphatic rings. The number of aromatic nitrogens is 1. The first-order valence-corrected chi connectivity index (χ1v) is 7.20. The molecule has 0 bridgehead atoms. The Morgan fingerprint density at radius 2 is 2.29 bits per heavy atom. The summed E-state index contributed by atoms with van der Waals surface area (Å²) in [6.07, 6.45) is 3.69. The maximum atomic E-state index is 5.66. The summed E-state index contributed by atoms with van der Waals surface area (Å²) in [5.74, 6) is 1.27. The lowest BCUT2D eigenvalue weighted by molar-refractivity contribution is 0.694. The zero-order valence-electron chi connectivity index (χ0n) is 10.1. The predicted molar refractivity (Wildman–Crippen MR) is 73.7 cm³/mol. The Hall–Kier alpha value is -0.930. The van der Waals surface area contributed by atoms with Crippen molar-refractivity contribution in [3.8, 4) is 0 Å². The summed E-state index contributed by atoms with van der Waals surface area (Å²) in [7, 11) is 0. The van der Waals surface area contributed by atoms with Gasteiger partial charge in [0.15, 0.2) is 0 Å². The van der Waals surface area contributed by atoms with Crippen LogP contribution in [0.1, 0.15) is 48.6 Å². The molecule has 1 aromatic heterocycles. The van der Waals surface area contributed by atoms with Crippen LogP contribution >= 0.6 is 11.3 Å². The van der Waals surface area contributed by atoms with Crippen LogP contribution in [-0.4, -0.2) is 11.5 Å². The smallest absolute Gasteiger partial charge is 0.0969 e. The molecule has 90 valence electrons. The van der Waals surface area contributed by atoms with Crippen molar-refractivity contribution in [3.63, 3.8) is 0 Å². The maximum absolute atomic E-state index is 5.66. The van der Waals surface area contributed by atoms with Gasteiger partial charge in [-0.15, -0.1) is 11.3 Å². The van der Waals surface area contributed by atoms with E-state index in [1.54, 1.807) is 0 Å². The molecule has 1 aromatic carbocycles. The van der Waals surface area contributed by atoms with Crippen LogP contribution in [0.4, 0.5) is 0 Å². The largest absolute Gasteiger partial charge is 0.330 e. The quantitative estimate of drug-likeness (QED) is 0.894. The van der Waals surface area contributed by atoms with E-state index in [1.807, 2.05) is 11.3 Å². The zero-order chi connectivity index (χ0) is 11.8. The molecule has 0 aliphatic heterocycles. The molecule has 17 heavy (non-hydrogen) atoms. The zero-order valence-corrected chi connectivity index (χ0v) is 11.0. The highest BCUT2D eigenvalue weighted by atomic mass is 32.1. The van der Waals surface area contributed by atoms with E-state index >= 15 is 0 Å². The van der Waals surface area contributed by atoms with Crippen molar-refractivity contribution >= 4 is 21.6 Å². The molecule has 1 atom stereocenters. The molecule has 3 heteroatoms. The van der Waals surface area contributed by atoms with Crippen molar-refractivity contribution in [2.45, 2.75) is 38.0 Å². The van der Waals surface area contributed by atoms with Crippen LogP contribution in [-0.2, 0) is 0 Å². The number of para-hydroxylation sites is 1. The lowest BCUT2D eigenvalue weighted by Crippen LogP contribution is -2.04. The molecule has 0 radical (unpaired) electrons. The fourth-order valence-corrected chi connectivity index (χ4v) is 3.47. The van der Waals surface area contributed by atoms with Gasteiger partial charge in [-0.3, -0.25) is 0 Å². The minimum absolute atomic E-state index is 0.512. The van der Waals surface area contributed by atoms with Crippen molar-refractivity contribution in [1.29, 1.82) is 0 Å². The standard InChI is InChI=1S/C14H18N2S/c1-9(7-8-15)11-3-2-4-12-13(11)16-14(17-12)10-5-6-10/h2-4,9-10H,5-8,15H2,1H3. The van der Waals surface area contributed by atoms with Crippen LogP contribution in [0.2, 0.25) is 0 Å². The fourth-order valence-electron chi connectivity index (χ4n) is 2.30. The SMILES string of the molecule is CC(CCN)c1cccc2sc(C3CC3)nc12. The third kappa shape index (κ3) is 2.09. The lowest BCUT2D eigenvalue weighted by atomic mass is 9.97. The van der Waals surface area contributed by atoms with Gasteiger partial charge < -0.3 is 5.73 Å². The number of nitrogens with zero attached hydrogens (tertiary/aromatic N) is 1. The van der Waals surface area contributed by atoms with Gasteiger partial charge in [0.1, 0.15) is 0 Å². The average Bonchev–Trinajstić information content (AvgIpc) is 3.08. The second-order valence-corrected chi connectivity index (χ2v) is 6.06. The molecule has 1 heterocycles. The lowest BCUT2D eigenvalue weighted by Gasteiger charge is -2.10. The van der Waals surface area contributed by atoms with Crippen LogP contribution in [0.5, 0.6) is 0 Å². The highest BCUT2D eigenvalue weighted by Gasteiger charge is 2.27. The van der Waals surface area contributed by atoms with E-state index in [0.29, 0.717) is 5.92 Å². The summed E-state index contributed by atoms with van der Waals surface area (Å²) in [4.78, 5) is 4.86. The molecule has 0 spiro atoms. The van der Waals surface area contributed by atoms with Crippen LogP contribution in [0, 0.1) is 0 Å². The number of hydrogen-bond acceptors (Lipinski definition) is 3. The summed E-state index contributed by atoms with van der Waals surface area (Å²) in [6, 6.07) is 6.55. The predicted octanol–water partition coefficient (Wildman–Crippen LogP) is 3.63. The van der Waals surface area contributed by atoms with Gasteiger partial charge in [-0.25, -0.2) is 4.98 Å². The Morgan fingerprint density at radius 3 is 3.00 bits per heavy atom. The molecule has 2 aromatic rings. The summed E-state index contributed by atoms with van der Waals surface area (Å²) in [5, 5.41) is 1.34. The fraction of sp³-hybridized carbons (Fsp3) is 0.500. The molecule has 1 unspecified atom stereocenters. The first kappa shape index (κ1) is 11.2. The van der Waals surface area contributed by atoms with E-state index < -0.39 is 0 Å². The van der Waals surface area contributed by atoms with Crippen LogP contribution < -0.4 is 5.73 Å².